The molecule has 0 amide bonds. The lowest BCUT2D eigenvalue weighted by Gasteiger charge is -1.99. The van der Waals surface area contributed by atoms with Gasteiger partial charge in [0.2, 0.25) is 0 Å². The van der Waals surface area contributed by atoms with Gasteiger partial charge in [-0.25, -0.2) is 8.42 Å². The molecule has 13 heavy (non-hydrogen) atoms. The van der Waals surface area contributed by atoms with Crippen LogP contribution in [0.4, 0.5) is 0 Å². The molecule has 0 unspecified atom stereocenters. The molecule has 0 saturated heterocycles. The first-order chi connectivity index (χ1) is 5.96. The van der Waals surface area contributed by atoms with Crippen LogP contribution in [0.2, 0.25) is 0 Å². The van der Waals surface area contributed by atoms with Crippen LogP contribution in [-0.4, -0.2) is 30.3 Å². The predicted molar refractivity (Wildman–Crippen MR) is 44.8 cm³/mol. The summed E-state index contributed by atoms with van der Waals surface area (Å²) in [6, 6.07) is 0. The summed E-state index contributed by atoms with van der Waals surface area (Å²) in [6.07, 6.45) is 0. The van der Waals surface area contributed by atoms with Crippen molar-refractivity contribution in [3.63, 3.8) is 0 Å². The van der Waals surface area contributed by atoms with Crippen molar-refractivity contribution in [2.75, 3.05) is 7.11 Å². The van der Waals surface area contributed by atoms with E-state index in [0.29, 0.717) is 5.82 Å². The maximum Gasteiger partial charge on any atom is 0.296 e. The Kier molecular flexibility index (Phi) is 2.89. The first-order valence-electron chi connectivity index (χ1n) is 3.28. The molecule has 0 aliphatic heterocycles. The molecule has 1 heterocycles. The monoisotopic (exact) mass is 225 g/mol. The van der Waals surface area contributed by atoms with Gasteiger partial charge < -0.3 is 9.30 Å². The lowest BCUT2D eigenvalue weighted by atomic mass is 10.6. The van der Waals surface area contributed by atoms with Gasteiger partial charge in [-0.15, -0.1) is 10.2 Å². The van der Waals surface area contributed by atoms with Crippen molar-refractivity contribution in [3.05, 3.63) is 5.82 Å². The van der Waals surface area contributed by atoms with E-state index in [1.54, 1.807) is 0 Å². The average Bonchev–Trinajstić information content (AvgIpc) is 2.32. The van der Waals surface area contributed by atoms with E-state index >= 15 is 0 Å². The summed E-state index contributed by atoms with van der Waals surface area (Å²) in [5, 5.41) is 6.74. The molecule has 0 atom stereocenters. The van der Waals surface area contributed by atoms with E-state index in [4.69, 9.17) is 15.4 Å². The van der Waals surface area contributed by atoms with Crippen LogP contribution in [-0.2, 0) is 27.4 Å². The minimum Gasteiger partial charge on any atom is -0.377 e. The van der Waals surface area contributed by atoms with Crippen molar-refractivity contribution in [2.24, 2.45) is 7.05 Å². The number of halogens is 1. The first-order valence-corrected chi connectivity index (χ1v) is 5.59. The highest BCUT2D eigenvalue weighted by Crippen LogP contribution is 2.12. The number of hydrogen-bond acceptors (Lipinski definition) is 5. The average molecular weight is 226 g/mol. The molecule has 6 nitrogen and oxygen atoms in total. The highest BCUT2D eigenvalue weighted by Gasteiger charge is 2.19. The molecular formula is C5H8ClN3O3S. The quantitative estimate of drug-likeness (QED) is 0.671. The van der Waals surface area contributed by atoms with Gasteiger partial charge in [-0.1, -0.05) is 0 Å². The topological polar surface area (TPSA) is 74.1 Å². The fourth-order valence-electron chi connectivity index (χ4n) is 0.812. The van der Waals surface area contributed by atoms with E-state index in [1.165, 1.54) is 18.7 Å². The Bertz CT molecular complexity index is 399. The second-order valence-electron chi connectivity index (χ2n) is 2.33. The van der Waals surface area contributed by atoms with Crippen LogP contribution in [0.5, 0.6) is 0 Å². The molecule has 1 aromatic rings. The molecule has 0 aromatic carbocycles. The maximum atomic E-state index is 10.9. The van der Waals surface area contributed by atoms with Crippen molar-refractivity contribution in [1.82, 2.24) is 14.8 Å². The Labute approximate surface area is 79.9 Å². The zero-order valence-electron chi connectivity index (χ0n) is 7.06. The van der Waals surface area contributed by atoms with Gasteiger partial charge in [0, 0.05) is 24.8 Å². The van der Waals surface area contributed by atoms with Crippen LogP contribution >= 0.6 is 10.7 Å². The van der Waals surface area contributed by atoms with E-state index in [-0.39, 0.29) is 11.8 Å². The van der Waals surface area contributed by atoms with E-state index in [2.05, 4.69) is 10.2 Å². The summed E-state index contributed by atoms with van der Waals surface area (Å²) >= 11 is 0. The number of methoxy groups -OCH3 is 1. The Morgan fingerprint density at radius 3 is 2.54 bits per heavy atom. The second kappa shape index (κ2) is 3.60. The molecule has 0 spiro atoms. The lowest BCUT2D eigenvalue weighted by Crippen LogP contribution is -2.05. The first kappa shape index (κ1) is 10.4. The molecule has 0 radical (unpaired) electrons. The summed E-state index contributed by atoms with van der Waals surface area (Å²) in [5.41, 5.74) is 0. The van der Waals surface area contributed by atoms with Crippen molar-refractivity contribution < 1.29 is 13.2 Å². The Hall–Kier alpha value is -0.660. The standard InChI is InChI=1S/C5H8ClN3O3S/c1-9-4(3-12-2)7-8-5(9)13(6,10)11/h3H2,1-2H3. The maximum absolute atomic E-state index is 10.9. The van der Waals surface area contributed by atoms with Crippen molar-refractivity contribution in [1.29, 1.82) is 0 Å². The summed E-state index contributed by atoms with van der Waals surface area (Å²) < 4.78 is 27.8. The SMILES string of the molecule is COCc1nnc(S(=O)(=O)Cl)n1C. The second-order valence-corrected chi connectivity index (χ2v) is 4.79. The number of ether oxygens (including phenoxy) is 1. The van der Waals surface area contributed by atoms with Crippen LogP contribution < -0.4 is 0 Å². The molecular weight excluding hydrogens is 218 g/mol. The van der Waals surface area contributed by atoms with Crippen LogP contribution in [0.3, 0.4) is 0 Å². The lowest BCUT2D eigenvalue weighted by molar-refractivity contribution is 0.174. The van der Waals surface area contributed by atoms with Crippen molar-refractivity contribution >= 4 is 19.7 Å². The molecule has 0 N–H and O–H groups in total. The van der Waals surface area contributed by atoms with E-state index in [1.807, 2.05) is 0 Å². The Morgan fingerprint density at radius 2 is 2.15 bits per heavy atom. The van der Waals surface area contributed by atoms with E-state index in [9.17, 15) is 8.42 Å². The third-order valence-corrected chi connectivity index (χ3v) is 2.62. The molecule has 1 aromatic heterocycles. The van der Waals surface area contributed by atoms with Crippen LogP contribution in [0.25, 0.3) is 0 Å². The highest BCUT2D eigenvalue weighted by atomic mass is 35.7. The van der Waals surface area contributed by atoms with Crippen LogP contribution in [0.1, 0.15) is 5.82 Å². The molecule has 0 fully saturated rings. The van der Waals surface area contributed by atoms with Crippen molar-refractivity contribution in [2.45, 2.75) is 11.8 Å². The Morgan fingerprint density at radius 1 is 1.54 bits per heavy atom. The van der Waals surface area contributed by atoms with Gasteiger partial charge in [0.1, 0.15) is 6.61 Å². The smallest absolute Gasteiger partial charge is 0.296 e. The number of nitrogens with zero attached hydrogens (tertiary/aromatic N) is 3. The fourth-order valence-corrected chi connectivity index (χ4v) is 1.79. The summed E-state index contributed by atoms with van der Waals surface area (Å²) in [7, 11) is 4.24. The molecule has 0 saturated carbocycles. The van der Waals surface area contributed by atoms with Crippen molar-refractivity contribution in [3.8, 4) is 0 Å². The summed E-state index contributed by atoms with van der Waals surface area (Å²) in [4.78, 5) is 0. The Balaban J connectivity index is 3.14. The molecule has 1 rings (SSSR count). The van der Waals surface area contributed by atoms with Gasteiger partial charge in [0.25, 0.3) is 14.2 Å². The zero-order chi connectivity index (χ0) is 10.1. The normalized spacial score (nSPS) is 11.9. The third kappa shape index (κ3) is 2.17. The number of aromatic nitrogens is 3. The fraction of sp³-hybridized carbons (Fsp3) is 0.600. The van der Waals surface area contributed by atoms with Gasteiger partial charge in [0.15, 0.2) is 5.82 Å². The molecule has 0 aliphatic carbocycles. The largest absolute Gasteiger partial charge is 0.377 e. The van der Waals surface area contributed by atoms with Crippen LogP contribution in [0.15, 0.2) is 5.16 Å². The molecule has 0 aliphatic rings. The predicted octanol–water partition coefficient (Wildman–Crippen LogP) is -0.111. The zero-order valence-corrected chi connectivity index (χ0v) is 8.63. The minimum absolute atomic E-state index is 0.190. The highest BCUT2D eigenvalue weighted by molar-refractivity contribution is 8.13. The number of hydrogen-bond donors (Lipinski definition) is 0. The summed E-state index contributed by atoms with van der Waals surface area (Å²) in [5.74, 6) is 0.404. The van der Waals surface area contributed by atoms with Crippen LogP contribution in [0, 0.1) is 0 Å². The third-order valence-electron chi connectivity index (χ3n) is 1.42. The minimum atomic E-state index is -3.82. The van der Waals surface area contributed by atoms with Gasteiger partial charge >= 0.3 is 0 Å². The van der Waals surface area contributed by atoms with Gasteiger partial charge in [0.05, 0.1) is 0 Å². The van der Waals surface area contributed by atoms with E-state index in [0.717, 1.165) is 0 Å². The summed E-state index contributed by atoms with van der Waals surface area (Å²) in [6.45, 7) is 0.190. The number of rotatable bonds is 3. The van der Waals surface area contributed by atoms with Gasteiger partial charge in [-0.05, 0) is 0 Å². The molecule has 0 bridgehead atoms. The molecule has 74 valence electrons. The molecule has 8 heteroatoms. The van der Waals surface area contributed by atoms with Gasteiger partial charge in [-0.3, -0.25) is 0 Å². The van der Waals surface area contributed by atoms with E-state index < -0.39 is 9.05 Å². The van der Waals surface area contributed by atoms with Gasteiger partial charge in [-0.2, -0.15) is 0 Å².